The van der Waals surface area contributed by atoms with Gasteiger partial charge < -0.3 is 21.0 Å². The van der Waals surface area contributed by atoms with Crippen LogP contribution in [0.1, 0.15) is 5.69 Å². The maximum atomic E-state index is 12.9. The third kappa shape index (κ3) is 4.61. The first-order valence-electron chi connectivity index (χ1n) is 9.96. The highest BCUT2D eigenvalue weighted by molar-refractivity contribution is 8.01. The Morgan fingerprint density at radius 1 is 1.42 bits per heavy atom. The Bertz CT molecular complexity index is 1430. The fraction of sp³-hybridized carbons (Fsp3) is 0.333. The molecule has 0 radical (unpaired) electrons. The molecule has 0 saturated carbocycles. The van der Waals surface area contributed by atoms with Gasteiger partial charge in [0.1, 0.15) is 29.9 Å². The molecule has 0 aliphatic carbocycles. The van der Waals surface area contributed by atoms with Crippen LogP contribution >= 0.6 is 34.9 Å². The zero-order chi connectivity index (χ0) is 26.1. The number of nitrogens with one attached hydrogen (secondary N) is 2. The molecule has 1 saturated heterocycles. The number of thiazole rings is 1. The number of β-lactam (4-membered cyclic amide) rings is 1. The summed E-state index contributed by atoms with van der Waals surface area (Å²) in [6, 6.07) is -0.995. The number of carbonyl (C=O) groups is 3. The van der Waals surface area contributed by atoms with Crippen LogP contribution in [0, 0.1) is 0 Å². The number of rotatable bonds is 8. The lowest BCUT2D eigenvalue weighted by Crippen LogP contribution is -2.71. The molecular weight excluding hydrogens is 536 g/mol. The second-order valence-corrected chi connectivity index (χ2v) is 10.2. The van der Waals surface area contributed by atoms with Crippen molar-refractivity contribution < 1.29 is 24.3 Å². The quantitative estimate of drug-likeness (QED) is 0.0953. The number of carboxylic acid groups (broad SMARTS) is 1. The van der Waals surface area contributed by atoms with E-state index in [-0.39, 0.29) is 38.9 Å². The van der Waals surface area contributed by atoms with Crippen molar-refractivity contribution in [3.8, 4) is 0 Å². The van der Waals surface area contributed by atoms with Crippen molar-refractivity contribution in [1.82, 2.24) is 30.0 Å². The van der Waals surface area contributed by atoms with Gasteiger partial charge in [-0.3, -0.25) is 28.6 Å². The standard InChI is InChI=1S/C18H18N8O7S3/c1-25-14(30)12(28)22-23-18(25)36-4-6-3-34-15-9(13(29)26(15)10(6)16(31)32)21-11(27)8(24-33-2)7-5-35-17(19)20-7/h5,9,15H,3-4H2,1-2H3,(H2,19,20)(H,21,27)(H,22,28)(H,31,32)/b24-8+. The van der Waals surface area contributed by atoms with Crippen molar-refractivity contribution in [2.45, 2.75) is 16.6 Å². The maximum Gasteiger partial charge on any atom is 0.352 e. The Hall–Kier alpha value is -3.64. The number of oxime groups is 1. The predicted octanol–water partition coefficient (Wildman–Crippen LogP) is -1.61. The average Bonchev–Trinajstić information content (AvgIpc) is 3.28. The van der Waals surface area contributed by atoms with Crippen LogP contribution < -0.4 is 22.2 Å². The third-order valence-corrected chi connectivity index (χ3v) is 8.24. The number of aliphatic carboxylic acids is 1. The van der Waals surface area contributed by atoms with Crippen LogP contribution in [0.3, 0.4) is 0 Å². The summed E-state index contributed by atoms with van der Waals surface area (Å²) in [6.45, 7) is 0. The SMILES string of the molecule is CO/N=C(/C(=O)NC1C(=O)N2C(C(=O)O)=C(CSc3n[nH]c(=O)c(=O)n3C)CSC12)c1csc(N)n1. The summed E-state index contributed by atoms with van der Waals surface area (Å²) in [7, 11) is 2.62. The monoisotopic (exact) mass is 554 g/mol. The van der Waals surface area contributed by atoms with Crippen molar-refractivity contribution in [3.05, 3.63) is 43.1 Å². The molecule has 0 aromatic carbocycles. The summed E-state index contributed by atoms with van der Waals surface area (Å²) < 4.78 is 1.05. The van der Waals surface area contributed by atoms with Gasteiger partial charge in [-0.05, 0) is 5.57 Å². The summed E-state index contributed by atoms with van der Waals surface area (Å²) in [4.78, 5) is 70.8. The minimum atomic E-state index is -1.31. The number of hydrogen-bond acceptors (Lipinski definition) is 13. The second kappa shape index (κ2) is 10.2. The van der Waals surface area contributed by atoms with Crippen molar-refractivity contribution in [3.63, 3.8) is 0 Å². The first-order chi connectivity index (χ1) is 17.1. The van der Waals surface area contributed by atoms with Gasteiger partial charge in [0.05, 0.1) is 0 Å². The lowest BCUT2D eigenvalue weighted by Gasteiger charge is -2.49. The van der Waals surface area contributed by atoms with E-state index in [1.54, 1.807) is 0 Å². The number of anilines is 1. The number of aromatic amines is 1. The smallest absolute Gasteiger partial charge is 0.352 e. The number of nitrogens with two attached hydrogens (primary N) is 1. The fourth-order valence-corrected chi connectivity index (χ4v) is 6.39. The first-order valence-corrected chi connectivity index (χ1v) is 12.9. The van der Waals surface area contributed by atoms with E-state index in [1.165, 1.54) is 31.3 Å². The average molecular weight is 555 g/mol. The molecule has 4 rings (SSSR count). The highest BCUT2D eigenvalue weighted by atomic mass is 32.2. The molecule has 0 spiro atoms. The largest absolute Gasteiger partial charge is 0.477 e. The van der Waals surface area contributed by atoms with Crippen LogP contribution in [0.2, 0.25) is 0 Å². The lowest BCUT2D eigenvalue weighted by molar-refractivity contribution is -0.150. The van der Waals surface area contributed by atoms with Crippen LogP contribution in [-0.4, -0.2) is 83.3 Å². The third-order valence-electron chi connectivity index (χ3n) is 5.11. The van der Waals surface area contributed by atoms with Crippen LogP contribution in [0.5, 0.6) is 0 Å². The van der Waals surface area contributed by atoms with Crippen molar-refractivity contribution in [1.29, 1.82) is 0 Å². The van der Waals surface area contributed by atoms with Gasteiger partial charge in [0.25, 0.3) is 11.8 Å². The Morgan fingerprint density at radius 2 is 2.17 bits per heavy atom. The Morgan fingerprint density at radius 3 is 2.81 bits per heavy atom. The highest BCUT2D eigenvalue weighted by Crippen LogP contribution is 2.41. The molecule has 0 bridgehead atoms. The zero-order valence-electron chi connectivity index (χ0n) is 18.6. The van der Waals surface area contributed by atoms with Gasteiger partial charge in [-0.1, -0.05) is 16.9 Å². The van der Waals surface area contributed by atoms with Gasteiger partial charge in [0.2, 0.25) is 0 Å². The van der Waals surface area contributed by atoms with E-state index in [1.807, 2.05) is 0 Å². The van der Waals surface area contributed by atoms with E-state index in [2.05, 4.69) is 25.7 Å². The number of carboxylic acids is 1. The van der Waals surface area contributed by atoms with Gasteiger partial charge in [0.15, 0.2) is 16.0 Å². The Kier molecular flexibility index (Phi) is 7.18. The van der Waals surface area contributed by atoms with E-state index >= 15 is 0 Å². The molecule has 1 fully saturated rings. The molecule has 36 heavy (non-hydrogen) atoms. The molecule has 15 nitrogen and oxygen atoms in total. The molecule has 190 valence electrons. The molecule has 5 N–H and O–H groups in total. The summed E-state index contributed by atoms with van der Waals surface area (Å²) >= 11 is 3.41. The summed E-state index contributed by atoms with van der Waals surface area (Å²) in [5.41, 5.74) is 4.16. The summed E-state index contributed by atoms with van der Waals surface area (Å²) in [5, 5.41) is 23.2. The normalized spacial score (nSPS) is 19.6. The van der Waals surface area contributed by atoms with E-state index < -0.39 is 40.3 Å². The summed E-state index contributed by atoms with van der Waals surface area (Å²) in [6.07, 6.45) is 0. The van der Waals surface area contributed by atoms with Crippen LogP contribution in [0.15, 0.2) is 36.6 Å². The van der Waals surface area contributed by atoms with Crippen LogP contribution in [0.4, 0.5) is 5.13 Å². The van der Waals surface area contributed by atoms with Gasteiger partial charge in [-0.15, -0.1) is 28.2 Å². The van der Waals surface area contributed by atoms with Crippen molar-refractivity contribution in [2.75, 3.05) is 24.3 Å². The first kappa shape index (κ1) is 25.5. The van der Waals surface area contributed by atoms with Crippen LogP contribution in [0.25, 0.3) is 0 Å². The highest BCUT2D eigenvalue weighted by Gasteiger charge is 2.54. The molecule has 2 atom stereocenters. The number of nitrogens with zero attached hydrogens (tertiary/aromatic N) is 5. The topological polar surface area (TPSA) is 215 Å². The summed E-state index contributed by atoms with van der Waals surface area (Å²) in [5.74, 6) is -2.30. The number of hydrogen-bond donors (Lipinski definition) is 4. The molecule has 2 aromatic heterocycles. The molecule has 2 aliphatic rings. The van der Waals surface area contributed by atoms with Gasteiger partial charge >= 0.3 is 17.1 Å². The number of H-pyrrole nitrogens is 1. The van der Waals surface area contributed by atoms with Crippen molar-refractivity contribution in [2.24, 2.45) is 12.2 Å². The van der Waals surface area contributed by atoms with Crippen LogP contribution in [-0.2, 0) is 26.3 Å². The van der Waals surface area contributed by atoms with E-state index in [4.69, 9.17) is 10.6 Å². The molecular formula is C18H18N8O7S3. The number of nitrogen functional groups attached to an aromatic ring is 1. The number of amides is 2. The fourth-order valence-electron chi connectivity index (χ4n) is 3.44. The number of fused-ring (bicyclic) bond motifs is 1. The van der Waals surface area contributed by atoms with Gasteiger partial charge in [-0.2, -0.15) is 0 Å². The number of thioether (sulfide) groups is 2. The van der Waals surface area contributed by atoms with E-state index in [9.17, 15) is 29.1 Å². The molecule has 4 heterocycles. The molecule has 2 amide bonds. The minimum absolute atomic E-state index is 0.102. The minimum Gasteiger partial charge on any atom is -0.477 e. The van der Waals surface area contributed by atoms with E-state index in [0.717, 1.165) is 32.6 Å². The number of aromatic nitrogens is 4. The molecule has 2 aromatic rings. The predicted molar refractivity (Wildman–Crippen MR) is 131 cm³/mol. The Balaban J connectivity index is 1.51. The van der Waals surface area contributed by atoms with Gasteiger partial charge in [0, 0.05) is 23.9 Å². The lowest BCUT2D eigenvalue weighted by atomic mass is 10.0. The molecule has 2 aliphatic heterocycles. The van der Waals surface area contributed by atoms with Crippen molar-refractivity contribution >= 4 is 63.5 Å². The maximum absolute atomic E-state index is 12.9. The number of carbonyl (C=O) groups excluding carboxylic acids is 2. The Labute approximate surface area is 213 Å². The molecule has 18 heteroatoms. The van der Waals surface area contributed by atoms with Gasteiger partial charge in [-0.25, -0.2) is 14.9 Å². The second-order valence-electron chi connectivity index (χ2n) is 7.30. The molecule has 2 unspecified atom stereocenters. The van der Waals surface area contributed by atoms with E-state index in [0.29, 0.717) is 5.57 Å². The zero-order valence-corrected chi connectivity index (χ0v) is 21.0.